The van der Waals surface area contributed by atoms with Crippen LogP contribution >= 0.6 is 11.8 Å². The first-order valence-electron chi connectivity index (χ1n) is 7.47. The van der Waals surface area contributed by atoms with E-state index in [1.807, 2.05) is 37.3 Å². The summed E-state index contributed by atoms with van der Waals surface area (Å²) in [5, 5.41) is 7.77. The molecule has 0 saturated carbocycles. The third kappa shape index (κ3) is 5.67. The second-order valence-corrected chi connectivity index (χ2v) is 8.28. The molecule has 0 aliphatic heterocycles. The van der Waals surface area contributed by atoms with E-state index in [1.54, 1.807) is 12.1 Å². The zero-order chi connectivity index (χ0) is 17.6. The van der Waals surface area contributed by atoms with E-state index in [4.69, 9.17) is 5.14 Å². The summed E-state index contributed by atoms with van der Waals surface area (Å²) >= 11 is 1.51. The van der Waals surface area contributed by atoms with Gasteiger partial charge in [0.2, 0.25) is 15.9 Å². The van der Waals surface area contributed by atoms with Crippen molar-refractivity contribution in [1.82, 2.24) is 5.32 Å². The van der Waals surface area contributed by atoms with Crippen molar-refractivity contribution in [1.29, 1.82) is 0 Å². The van der Waals surface area contributed by atoms with Crippen LogP contribution in [0.4, 0.5) is 0 Å². The summed E-state index contributed by atoms with van der Waals surface area (Å²) in [6, 6.07) is 16.1. The normalized spacial score (nSPS) is 12.6. The van der Waals surface area contributed by atoms with E-state index >= 15 is 0 Å². The van der Waals surface area contributed by atoms with Crippen molar-refractivity contribution in [2.75, 3.05) is 6.54 Å². The van der Waals surface area contributed by atoms with E-state index < -0.39 is 10.0 Å². The fourth-order valence-corrected chi connectivity index (χ4v) is 3.50. The van der Waals surface area contributed by atoms with Crippen molar-refractivity contribution in [3.8, 4) is 0 Å². The van der Waals surface area contributed by atoms with Crippen LogP contribution in [0.25, 0.3) is 0 Å². The van der Waals surface area contributed by atoms with Crippen molar-refractivity contribution in [3.05, 3.63) is 60.2 Å². The molecule has 0 fully saturated rings. The van der Waals surface area contributed by atoms with Crippen LogP contribution in [0.1, 0.15) is 12.5 Å². The second-order valence-electron chi connectivity index (χ2n) is 5.30. The molecular formula is C17H20N2O3S2. The number of sulfonamides is 1. The topological polar surface area (TPSA) is 89.3 Å². The number of nitrogens with one attached hydrogen (secondary N) is 1. The molecule has 0 aliphatic rings. The van der Waals surface area contributed by atoms with Crippen molar-refractivity contribution < 1.29 is 13.2 Å². The van der Waals surface area contributed by atoms with Crippen LogP contribution in [-0.4, -0.2) is 26.1 Å². The number of carbonyl (C=O) groups is 1. The lowest BCUT2D eigenvalue weighted by Crippen LogP contribution is -2.32. The van der Waals surface area contributed by atoms with E-state index in [1.165, 1.54) is 23.9 Å². The first-order valence-corrected chi connectivity index (χ1v) is 9.90. The van der Waals surface area contributed by atoms with Gasteiger partial charge in [0.1, 0.15) is 0 Å². The average Bonchev–Trinajstić information content (AvgIpc) is 2.55. The fourth-order valence-electron chi connectivity index (χ4n) is 2.08. The highest BCUT2D eigenvalue weighted by atomic mass is 32.2. The number of primary sulfonamides is 1. The van der Waals surface area contributed by atoms with Gasteiger partial charge >= 0.3 is 0 Å². The van der Waals surface area contributed by atoms with Gasteiger partial charge in [-0.1, -0.05) is 30.3 Å². The Morgan fingerprint density at radius 2 is 1.75 bits per heavy atom. The first-order chi connectivity index (χ1) is 11.4. The molecule has 24 heavy (non-hydrogen) atoms. The molecule has 7 heteroatoms. The van der Waals surface area contributed by atoms with Crippen LogP contribution in [0, 0.1) is 0 Å². The number of rotatable bonds is 7. The lowest BCUT2D eigenvalue weighted by Gasteiger charge is -2.12. The number of amides is 1. The number of hydrogen-bond acceptors (Lipinski definition) is 4. The summed E-state index contributed by atoms with van der Waals surface area (Å²) in [6.45, 7) is 2.36. The first kappa shape index (κ1) is 18.5. The van der Waals surface area contributed by atoms with Crippen LogP contribution in [0.15, 0.2) is 64.4 Å². The summed E-state index contributed by atoms with van der Waals surface area (Å²) in [7, 11) is -3.67. The van der Waals surface area contributed by atoms with Crippen LogP contribution in [0.3, 0.4) is 0 Å². The van der Waals surface area contributed by atoms with Gasteiger partial charge in [0, 0.05) is 11.4 Å². The SMILES string of the molecule is C[C@H](Sc1ccccc1)C(=O)NCCc1ccc(S(N)(=O)=O)cc1. The summed E-state index contributed by atoms with van der Waals surface area (Å²) in [5.41, 5.74) is 0.936. The molecule has 0 heterocycles. The van der Waals surface area contributed by atoms with E-state index in [9.17, 15) is 13.2 Å². The molecule has 0 aromatic heterocycles. The zero-order valence-corrected chi connectivity index (χ0v) is 14.9. The Labute approximate surface area is 146 Å². The zero-order valence-electron chi connectivity index (χ0n) is 13.3. The molecule has 1 atom stereocenters. The van der Waals surface area contributed by atoms with Crippen molar-refractivity contribution in [2.45, 2.75) is 28.4 Å². The average molecular weight is 364 g/mol. The molecule has 0 unspecified atom stereocenters. The lowest BCUT2D eigenvalue weighted by atomic mass is 10.1. The fraction of sp³-hybridized carbons (Fsp3) is 0.235. The number of nitrogens with two attached hydrogens (primary N) is 1. The summed E-state index contributed by atoms with van der Waals surface area (Å²) < 4.78 is 22.4. The van der Waals surface area contributed by atoms with Crippen LogP contribution in [0.2, 0.25) is 0 Å². The van der Waals surface area contributed by atoms with Gasteiger partial charge in [-0.15, -0.1) is 11.8 Å². The maximum atomic E-state index is 12.1. The van der Waals surface area contributed by atoms with Gasteiger partial charge in [-0.25, -0.2) is 13.6 Å². The van der Waals surface area contributed by atoms with E-state index in [0.717, 1.165) is 10.5 Å². The van der Waals surface area contributed by atoms with Gasteiger partial charge in [0.15, 0.2) is 0 Å². The minimum absolute atomic E-state index is 0.0231. The van der Waals surface area contributed by atoms with Crippen molar-refractivity contribution in [2.24, 2.45) is 5.14 Å². The molecule has 0 radical (unpaired) electrons. The van der Waals surface area contributed by atoms with E-state index in [-0.39, 0.29) is 16.1 Å². The second kappa shape index (κ2) is 8.32. The standard InChI is InChI=1S/C17H20N2O3S2/c1-13(23-15-5-3-2-4-6-15)17(20)19-12-11-14-7-9-16(10-8-14)24(18,21)22/h2-10,13H,11-12H2,1H3,(H,19,20)(H2,18,21,22)/t13-/m0/s1. The Bertz CT molecular complexity index is 775. The largest absolute Gasteiger partial charge is 0.355 e. The smallest absolute Gasteiger partial charge is 0.238 e. The highest BCUT2D eigenvalue weighted by Gasteiger charge is 2.13. The van der Waals surface area contributed by atoms with Gasteiger partial charge < -0.3 is 5.32 Å². The molecule has 0 bridgehead atoms. The molecule has 1 amide bonds. The van der Waals surface area contributed by atoms with Crippen LogP contribution < -0.4 is 10.5 Å². The quantitative estimate of drug-likeness (QED) is 0.737. The summed E-state index contributed by atoms with van der Waals surface area (Å²) in [4.78, 5) is 13.2. The van der Waals surface area contributed by atoms with E-state index in [2.05, 4.69) is 5.32 Å². The Balaban J connectivity index is 1.80. The van der Waals surface area contributed by atoms with Crippen LogP contribution in [0.5, 0.6) is 0 Å². The summed E-state index contributed by atoms with van der Waals surface area (Å²) in [6.07, 6.45) is 0.624. The maximum Gasteiger partial charge on any atom is 0.238 e. The molecule has 2 rings (SSSR count). The molecule has 5 nitrogen and oxygen atoms in total. The van der Waals surface area contributed by atoms with Crippen molar-refractivity contribution in [3.63, 3.8) is 0 Å². The predicted molar refractivity (Wildman–Crippen MR) is 96.3 cm³/mol. The van der Waals surface area contributed by atoms with Gasteiger partial charge in [-0.3, -0.25) is 4.79 Å². The highest BCUT2D eigenvalue weighted by Crippen LogP contribution is 2.22. The Kier molecular flexibility index (Phi) is 6.42. The van der Waals surface area contributed by atoms with Gasteiger partial charge in [0.05, 0.1) is 10.1 Å². The van der Waals surface area contributed by atoms with Crippen LogP contribution in [-0.2, 0) is 21.2 Å². The van der Waals surface area contributed by atoms with Gasteiger partial charge in [0.25, 0.3) is 0 Å². The molecule has 0 saturated heterocycles. The van der Waals surface area contributed by atoms with Crippen molar-refractivity contribution >= 4 is 27.7 Å². The monoisotopic (exact) mass is 364 g/mol. The Hall–Kier alpha value is -1.83. The minimum atomic E-state index is -3.67. The molecule has 3 N–H and O–H groups in total. The number of hydrogen-bond donors (Lipinski definition) is 2. The molecule has 0 aliphatic carbocycles. The molecule has 0 spiro atoms. The number of thioether (sulfide) groups is 1. The number of benzene rings is 2. The van der Waals surface area contributed by atoms with Gasteiger partial charge in [-0.05, 0) is 43.2 Å². The third-order valence-electron chi connectivity index (χ3n) is 3.39. The lowest BCUT2D eigenvalue weighted by molar-refractivity contribution is -0.120. The molecule has 2 aromatic rings. The third-order valence-corrected chi connectivity index (χ3v) is 5.43. The Morgan fingerprint density at radius 3 is 2.33 bits per heavy atom. The molecule has 2 aromatic carbocycles. The van der Waals surface area contributed by atoms with E-state index in [0.29, 0.717) is 13.0 Å². The predicted octanol–water partition coefficient (Wildman–Crippen LogP) is 2.17. The maximum absolute atomic E-state index is 12.1. The summed E-state index contributed by atoms with van der Waals surface area (Å²) in [5.74, 6) is -0.0231. The molecule has 128 valence electrons. The number of carbonyl (C=O) groups excluding carboxylic acids is 1. The minimum Gasteiger partial charge on any atom is -0.355 e. The van der Waals surface area contributed by atoms with Gasteiger partial charge in [-0.2, -0.15) is 0 Å². The molecular weight excluding hydrogens is 344 g/mol. The Morgan fingerprint density at radius 1 is 1.12 bits per heavy atom. The highest BCUT2D eigenvalue weighted by molar-refractivity contribution is 8.00.